The lowest BCUT2D eigenvalue weighted by Gasteiger charge is -2.20. The van der Waals surface area contributed by atoms with E-state index in [0.717, 1.165) is 11.6 Å². The summed E-state index contributed by atoms with van der Waals surface area (Å²) < 4.78 is 77.2. The highest BCUT2D eigenvalue weighted by molar-refractivity contribution is 5.93. The van der Waals surface area contributed by atoms with E-state index in [9.17, 15) is 26.7 Å². The molecule has 0 atom stereocenters. The van der Waals surface area contributed by atoms with Gasteiger partial charge in [0.15, 0.2) is 22.8 Å². The first kappa shape index (κ1) is 23.2. The average Bonchev–Trinajstić information content (AvgIpc) is 3.15. The Morgan fingerprint density at radius 3 is 2.38 bits per heavy atom. The zero-order valence-electron chi connectivity index (χ0n) is 17.3. The second kappa shape index (κ2) is 8.60. The quantitative estimate of drug-likeness (QED) is 0.547. The second-order valence-corrected chi connectivity index (χ2v) is 6.85. The number of rotatable bonds is 7. The number of carbonyl (C=O) groups is 1. The third kappa shape index (κ3) is 4.43. The van der Waals surface area contributed by atoms with Crippen LogP contribution in [0.1, 0.15) is 27.4 Å². The molecule has 2 aromatic heterocycles. The van der Waals surface area contributed by atoms with Gasteiger partial charge in [-0.05, 0) is 37.1 Å². The molecule has 3 aromatic rings. The molecular formula is C20H19F5N4O3. The lowest BCUT2D eigenvalue weighted by Crippen LogP contribution is -2.36. The van der Waals surface area contributed by atoms with Gasteiger partial charge in [-0.3, -0.25) is 4.79 Å². The molecule has 172 valence electrons. The Balaban J connectivity index is 1.79. The van der Waals surface area contributed by atoms with Crippen molar-refractivity contribution in [3.63, 3.8) is 0 Å². The Kier molecular flexibility index (Phi) is 6.24. The second-order valence-electron chi connectivity index (χ2n) is 6.85. The van der Waals surface area contributed by atoms with Crippen LogP contribution in [0.15, 0.2) is 30.3 Å². The Labute approximate surface area is 179 Å². The number of nitrogens with one attached hydrogen (secondary N) is 1. The molecular weight excluding hydrogens is 439 g/mol. The van der Waals surface area contributed by atoms with Crippen molar-refractivity contribution < 1.29 is 36.2 Å². The van der Waals surface area contributed by atoms with Crippen LogP contribution in [0.2, 0.25) is 0 Å². The highest BCUT2D eigenvalue weighted by Gasteiger charge is 2.60. The van der Waals surface area contributed by atoms with Crippen LogP contribution in [-0.4, -0.2) is 47.4 Å². The molecule has 3 rings (SSSR count). The topological polar surface area (TPSA) is 77.8 Å². The van der Waals surface area contributed by atoms with Gasteiger partial charge in [-0.2, -0.15) is 27.1 Å². The summed E-state index contributed by atoms with van der Waals surface area (Å²) in [6, 6.07) is 6.85. The van der Waals surface area contributed by atoms with E-state index in [-0.39, 0.29) is 23.6 Å². The SMILES string of the molecule is COc1ccc(CCNC(=O)c2cc3nc(C)cc(C(F)(F)C(F)(F)F)n3n2)cc1OC. The van der Waals surface area contributed by atoms with Crippen LogP contribution < -0.4 is 14.8 Å². The molecule has 1 amide bonds. The first-order chi connectivity index (χ1) is 15.0. The number of carbonyl (C=O) groups excluding carboxylic acids is 1. The van der Waals surface area contributed by atoms with E-state index in [1.807, 2.05) is 0 Å². The number of amides is 1. The standard InChI is InChI=1S/C20H19F5N4O3/c1-11-8-16(19(21,22)20(23,24)25)29-17(27-11)10-13(28-29)18(30)26-7-6-12-4-5-14(31-2)15(9-12)32-3/h4-5,8-10H,6-7H2,1-3H3,(H,26,30). The smallest absolute Gasteiger partial charge is 0.459 e. The number of hydrogen-bond donors (Lipinski definition) is 1. The number of ether oxygens (including phenoxy) is 2. The zero-order valence-corrected chi connectivity index (χ0v) is 17.3. The Morgan fingerprint density at radius 1 is 1.06 bits per heavy atom. The first-order valence-corrected chi connectivity index (χ1v) is 9.29. The summed E-state index contributed by atoms with van der Waals surface area (Å²) in [7, 11) is 2.98. The van der Waals surface area contributed by atoms with Gasteiger partial charge in [-0.15, -0.1) is 0 Å². The number of aromatic nitrogens is 3. The molecule has 0 bridgehead atoms. The normalized spacial score (nSPS) is 12.1. The van der Waals surface area contributed by atoms with E-state index in [4.69, 9.17) is 9.47 Å². The number of hydrogen-bond acceptors (Lipinski definition) is 5. The Hall–Kier alpha value is -3.44. The lowest BCUT2D eigenvalue weighted by molar-refractivity contribution is -0.291. The fraction of sp³-hybridized carbons (Fsp3) is 0.350. The zero-order chi connectivity index (χ0) is 23.7. The van der Waals surface area contributed by atoms with Crippen LogP contribution in [0, 0.1) is 6.92 Å². The molecule has 0 aliphatic carbocycles. The van der Waals surface area contributed by atoms with E-state index < -0.39 is 23.7 Å². The van der Waals surface area contributed by atoms with Gasteiger partial charge in [-0.25, -0.2) is 9.50 Å². The van der Waals surface area contributed by atoms with Crippen molar-refractivity contribution in [2.75, 3.05) is 20.8 Å². The third-order valence-corrected chi connectivity index (χ3v) is 4.61. The molecule has 0 aliphatic heterocycles. The highest BCUT2D eigenvalue weighted by atomic mass is 19.4. The molecule has 0 saturated heterocycles. The summed E-state index contributed by atoms with van der Waals surface area (Å²) in [5.41, 5.74) is -1.31. The summed E-state index contributed by atoms with van der Waals surface area (Å²) in [4.78, 5) is 16.3. The molecule has 0 aliphatic rings. The third-order valence-electron chi connectivity index (χ3n) is 4.61. The number of fused-ring (bicyclic) bond motifs is 1. The maximum absolute atomic E-state index is 14.0. The van der Waals surface area contributed by atoms with E-state index >= 15 is 0 Å². The van der Waals surface area contributed by atoms with E-state index in [1.165, 1.54) is 21.1 Å². The molecule has 12 heteroatoms. The minimum absolute atomic E-state index is 0.0725. The van der Waals surface area contributed by atoms with Crippen molar-refractivity contribution in [2.24, 2.45) is 0 Å². The molecule has 0 radical (unpaired) electrons. The molecule has 1 N–H and O–H groups in total. The monoisotopic (exact) mass is 458 g/mol. The number of benzene rings is 1. The highest BCUT2D eigenvalue weighted by Crippen LogP contribution is 2.43. The number of nitrogens with zero attached hydrogens (tertiary/aromatic N) is 3. The average molecular weight is 458 g/mol. The Bertz CT molecular complexity index is 1140. The van der Waals surface area contributed by atoms with E-state index in [1.54, 1.807) is 18.2 Å². The molecule has 7 nitrogen and oxygen atoms in total. The number of methoxy groups -OCH3 is 2. The summed E-state index contributed by atoms with van der Waals surface area (Å²) in [6.45, 7) is 1.42. The molecule has 32 heavy (non-hydrogen) atoms. The summed E-state index contributed by atoms with van der Waals surface area (Å²) >= 11 is 0. The minimum atomic E-state index is -5.83. The van der Waals surface area contributed by atoms with Gasteiger partial charge < -0.3 is 14.8 Å². The lowest BCUT2D eigenvalue weighted by atomic mass is 10.1. The largest absolute Gasteiger partial charge is 0.493 e. The fourth-order valence-electron chi connectivity index (χ4n) is 3.03. The molecule has 2 heterocycles. The first-order valence-electron chi connectivity index (χ1n) is 9.29. The van der Waals surface area contributed by atoms with Crippen molar-refractivity contribution in [1.29, 1.82) is 0 Å². The minimum Gasteiger partial charge on any atom is -0.493 e. The number of halogens is 5. The predicted octanol–water partition coefficient (Wildman–Crippen LogP) is 3.68. The van der Waals surface area contributed by atoms with Crippen LogP contribution in [-0.2, 0) is 12.3 Å². The van der Waals surface area contributed by atoms with Crippen molar-refractivity contribution in [1.82, 2.24) is 19.9 Å². The van der Waals surface area contributed by atoms with Gasteiger partial charge in [0.25, 0.3) is 5.91 Å². The predicted molar refractivity (Wildman–Crippen MR) is 103 cm³/mol. The maximum Gasteiger partial charge on any atom is 0.459 e. The van der Waals surface area contributed by atoms with Gasteiger partial charge in [0.2, 0.25) is 0 Å². The molecule has 0 unspecified atom stereocenters. The summed E-state index contributed by atoms with van der Waals surface area (Å²) in [5.74, 6) is -4.86. The van der Waals surface area contributed by atoms with Gasteiger partial charge in [-0.1, -0.05) is 6.07 Å². The van der Waals surface area contributed by atoms with Crippen LogP contribution in [0.3, 0.4) is 0 Å². The number of alkyl halides is 5. The van der Waals surface area contributed by atoms with E-state index in [0.29, 0.717) is 28.5 Å². The summed E-state index contributed by atoms with van der Waals surface area (Å²) in [5, 5.41) is 6.19. The molecule has 0 saturated carbocycles. The van der Waals surface area contributed by atoms with Crippen molar-refractivity contribution in [3.8, 4) is 11.5 Å². The van der Waals surface area contributed by atoms with Crippen LogP contribution in [0.4, 0.5) is 22.0 Å². The van der Waals surface area contributed by atoms with Crippen LogP contribution in [0.25, 0.3) is 5.65 Å². The van der Waals surface area contributed by atoms with Gasteiger partial charge in [0, 0.05) is 18.3 Å². The van der Waals surface area contributed by atoms with Crippen LogP contribution >= 0.6 is 0 Å². The van der Waals surface area contributed by atoms with Crippen molar-refractivity contribution in [2.45, 2.75) is 25.4 Å². The van der Waals surface area contributed by atoms with E-state index in [2.05, 4.69) is 15.4 Å². The molecule has 1 aromatic carbocycles. The van der Waals surface area contributed by atoms with Gasteiger partial charge in [0.1, 0.15) is 5.69 Å². The van der Waals surface area contributed by atoms with Crippen molar-refractivity contribution >= 4 is 11.6 Å². The van der Waals surface area contributed by atoms with Gasteiger partial charge >= 0.3 is 12.1 Å². The number of aryl methyl sites for hydroxylation is 1. The molecule has 0 spiro atoms. The van der Waals surface area contributed by atoms with Crippen molar-refractivity contribution in [3.05, 3.63) is 53.0 Å². The van der Waals surface area contributed by atoms with Gasteiger partial charge in [0.05, 0.1) is 14.2 Å². The molecule has 0 fully saturated rings. The Morgan fingerprint density at radius 2 is 1.75 bits per heavy atom. The summed E-state index contributed by atoms with van der Waals surface area (Å²) in [6.07, 6.45) is -5.43. The van der Waals surface area contributed by atoms with Crippen LogP contribution in [0.5, 0.6) is 11.5 Å². The fourth-order valence-corrected chi connectivity index (χ4v) is 3.03. The maximum atomic E-state index is 14.0.